The topological polar surface area (TPSA) is 79.0 Å². The van der Waals surface area contributed by atoms with Crippen LogP contribution in [0, 0.1) is 5.82 Å². The monoisotopic (exact) mass is 499 g/mol. The van der Waals surface area contributed by atoms with Crippen molar-refractivity contribution in [3.8, 4) is 5.75 Å². The normalized spacial score (nSPS) is 22.8. The van der Waals surface area contributed by atoms with Gasteiger partial charge >= 0.3 is 0 Å². The van der Waals surface area contributed by atoms with Gasteiger partial charge in [0.2, 0.25) is 11.8 Å². The fraction of sp³-hybridized carbons (Fsp3) is 0.423. The Morgan fingerprint density at radius 2 is 1.94 bits per heavy atom. The number of hydrogen-bond acceptors (Lipinski definition) is 5. The smallest absolute Gasteiger partial charge is 0.255 e. The van der Waals surface area contributed by atoms with Crippen LogP contribution < -0.4 is 10.1 Å². The van der Waals surface area contributed by atoms with E-state index in [1.807, 2.05) is 6.07 Å². The lowest BCUT2D eigenvalue weighted by atomic mass is 10.0. The van der Waals surface area contributed by atoms with Gasteiger partial charge in [0, 0.05) is 36.1 Å². The van der Waals surface area contributed by atoms with E-state index in [1.165, 1.54) is 17.0 Å². The Bertz CT molecular complexity index is 1170. The van der Waals surface area contributed by atoms with Gasteiger partial charge < -0.3 is 9.64 Å². The summed E-state index contributed by atoms with van der Waals surface area (Å²) < 4.78 is 19.6. The van der Waals surface area contributed by atoms with E-state index >= 15 is 0 Å². The lowest BCUT2D eigenvalue weighted by Gasteiger charge is -2.35. The number of benzene rings is 2. The van der Waals surface area contributed by atoms with Gasteiger partial charge in [0.05, 0.1) is 0 Å². The van der Waals surface area contributed by atoms with Gasteiger partial charge in [0.1, 0.15) is 24.2 Å². The SMILES string of the molecule is O=C1CCC(N2Cc3cc(OC[C@H]4CCCCN4Cc4ccc(F)cc4Cl)ccc3C2=O)C(=O)N1. The van der Waals surface area contributed by atoms with Gasteiger partial charge in [0.25, 0.3) is 5.91 Å². The van der Waals surface area contributed by atoms with E-state index < -0.39 is 11.9 Å². The van der Waals surface area contributed by atoms with Crippen molar-refractivity contribution in [2.75, 3.05) is 13.2 Å². The molecule has 2 atom stereocenters. The summed E-state index contributed by atoms with van der Waals surface area (Å²) in [5.41, 5.74) is 2.27. The Hall–Kier alpha value is -2.97. The number of hydrogen-bond donors (Lipinski definition) is 1. The third-order valence-corrected chi connectivity index (χ3v) is 7.43. The van der Waals surface area contributed by atoms with Crippen molar-refractivity contribution in [2.24, 2.45) is 0 Å². The molecule has 0 aliphatic carbocycles. The minimum absolute atomic E-state index is 0.194. The first kappa shape index (κ1) is 23.8. The lowest BCUT2D eigenvalue weighted by molar-refractivity contribution is -0.136. The molecule has 2 aromatic rings. The molecule has 2 saturated heterocycles. The molecule has 2 fully saturated rings. The first-order valence-corrected chi connectivity index (χ1v) is 12.3. The molecule has 2 aromatic carbocycles. The van der Waals surface area contributed by atoms with Crippen LogP contribution in [-0.2, 0) is 22.7 Å². The molecule has 9 heteroatoms. The summed E-state index contributed by atoms with van der Waals surface area (Å²) in [6, 6.07) is 9.46. The lowest BCUT2D eigenvalue weighted by Crippen LogP contribution is -2.52. The summed E-state index contributed by atoms with van der Waals surface area (Å²) in [5, 5.41) is 2.75. The molecule has 1 N–H and O–H groups in total. The summed E-state index contributed by atoms with van der Waals surface area (Å²) in [5.74, 6) is -0.590. The Kier molecular flexibility index (Phi) is 6.75. The standard InChI is InChI=1S/C26H27ClFN3O4/c27-22-12-18(28)5-4-16(22)13-30-10-2-1-3-19(30)15-35-20-6-7-21-17(11-20)14-31(26(21)34)23-8-9-24(32)29-25(23)33/h4-7,11-12,19,23H,1-3,8-10,13-15H2,(H,29,32,33)/t19-,23?/m1/s1. The highest BCUT2D eigenvalue weighted by Crippen LogP contribution is 2.31. The number of carbonyl (C=O) groups is 3. The zero-order chi connectivity index (χ0) is 24.5. The number of ether oxygens (including phenoxy) is 1. The third kappa shape index (κ3) is 5.04. The van der Waals surface area contributed by atoms with Crippen LogP contribution in [0.25, 0.3) is 0 Å². The van der Waals surface area contributed by atoms with Gasteiger partial charge in [-0.05, 0) is 67.3 Å². The zero-order valence-electron chi connectivity index (χ0n) is 19.3. The van der Waals surface area contributed by atoms with Crippen LogP contribution in [0.5, 0.6) is 5.75 Å². The molecule has 0 radical (unpaired) electrons. The first-order chi connectivity index (χ1) is 16.9. The Balaban J connectivity index is 1.23. The number of nitrogens with one attached hydrogen (secondary N) is 1. The molecule has 1 unspecified atom stereocenters. The third-order valence-electron chi connectivity index (χ3n) is 7.08. The molecule has 35 heavy (non-hydrogen) atoms. The maximum absolute atomic E-state index is 13.4. The summed E-state index contributed by atoms with van der Waals surface area (Å²) in [4.78, 5) is 40.5. The van der Waals surface area contributed by atoms with Gasteiger partial charge in [0.15, 0.2) is 0 Å². The number of carbonyl (C=O) groups excluding carboxylic acids is 3. The Morgan fingerprint density at radius 1 is 1.09 bits per heavy atom. The number of halogens is 2. The van der Waals surface area contributed by atoms with Crippen molar-refractivity contribution in [3.63, 3.8) is 0 Å². The van der Waals surface area contributed by atoms with Crippen molar-refractivity contribution in [1.29, 1.82) is 0 Å². The van der Waals surface area contributed by atoms with Crippen LogP contribution in [0.4, 0.5) is 4.39 Å². The van der Waals surface area contributed by atoms with Crippen molar-refractivity contribution < 1.29 is 23.5 Å². The van der Waals surface area contributed by atoms with Gasteiger partial charge in [-0.3, -0.25) is 24.6 Å². The van der Waals surface area contributed by atoms with Crippen LogP contribution in [0.2, 0.25) is 5.02 Å². The molecule has 3 aliphatic rings. The minimum Gasteiger partial charge on any atom is -0.492 e. The summed E-state index contributed by atoms with van der Waals surface area (Å²) in [7, 11) is 0. The Morgan fingerprint density at radius 3 is 2.74 bits per heavy atom. The molecule has 3 aliphatic heterocycles. The van der Waals surface area contributed by atoms with Crippen molar-refractivity contribution in [2.45, 2.75) is 57.3 Å². The van der Waals surface area contributed by atoms with E-state index in [1.54, 1.807) is 18.2 Å². The van der Waals surface area contributed by atoms with Crippen LogP contribution in [0.15, 0.2) is 36.4 Å². The van der Waals surface area contributed by atoms with Crippen LogP contribution in [0.3, 0.4) is 0 Å². The second-order valence-corrected chi connectivity index (χ2v) is 9.79. The summed E-state index contributed by atoms with van der Waals surface area (Å²) in [6.07, 6.45) is 3.76. The van der Waals surface area contributed by atoms with Crippen LogP contribution in [-0.4, -0.2) is 52.8 Å². The van der Waals surface area contributed by atoms with Gasteiger partial charge in [-0.15, -0.1) is 0 Å². The molecule has 3 amide bonds. The molecule has 0 spiro atoms. The molecule has 5 rings (SSSR count). The maximum atomic E-state index is 13.4. The van der Waals surface area contributed by atoms with E-state index in [-0.39, 0.29) is 30.1 Å². The number of fused-ring (bicyclic) bond motifs is 1. The fourth-order valence-corrected chi connectivity index (χ4v) is 5.39. The minimum atomic E-state index is -0.633. The molecule has 184 valence electrons. The van der Waals surface area contributed by atoms with E-state index in [2.05, 4.69) is 10.2 Å². The number of nitrogens with zero attached hydrogens (tertiary/aromatic N) is 2. The molecular weight excluding hydrogens is 473 g/mol. The van der Waals surface area contributed by atoms with Crippen LogP contribution in [0.1, 0.15) is 53.6 Å². The van der Waals surface area contributed by atoms with Gasteiger partial charge in [-0.25, -0.2) is 4.39 Å². The largest absolute Gasteiger partial charge is 0.492 e. The molecule has 0 bridgehead atoms. The van der Waals surface area contributed by atoms with E-state index in [9.17, 15) is 18.8 Å². The van der Waals surface area contributed by atoms with Crippen molar-refractivity contribution in [1.82, 2.24) is 15.1 Å². The van der Waals surface area contributed by atoms with Gasteiger partial charge in [-0.1, -0.05) is 24.1 Å². The van der Waals surface area contributed by atoms with Gasteiger partial charge in [-0.2, -0.15) is 0 Å². The fourth-order valence-electron chi connectivity index (χ4n) is 5.16. The molecule has 0 saturated carbocycles. The first-order valence-electron chi connectivity index (χ1n) is 12.0. The summed E-state index contributed by atoms with van der Waals surface area (Å²) in [6.45, 7) is 2.35. The van der Waals surface area contributed by atoms with E-state index in [0.29, 0.717) is 42.5 Å². The molecule has 7 nitrogen and oxygen atoms in total. The van der Waals surface area contributed by atoms with E-state index in [0.717, 1.165) is 36.9 Å². The molecule has 3 heterocycles. The number of likely N-dealkylation sites (tertiary alicyclic amines) is 1. The Labute approximate surface area is 208 Å². The predicted octanol–water partition coefficient (Wildman–Crippen LogP) is 3.67. The van der Waals surface area contributed by atoms with Crippen molar-refractivity contribution in [3.05, 3.63) is 63.9 Å². The highest BCUT2D eigenvalue weighted by Gasteiger charge is 2.39. The molecule has 0 aromatic heterocycles. The zero-order valence-corrected chi connectivity index (χ0v) is 20.0. The number of piperidine rings is 2. The van der Waals surface area contributed by atoms with Crippen LogP contribution >= 0.6 is 11.6 Å². The predicted molar refractivity (Wildman–Crippen MR) is 127 cm³/mol. The second-order valence-electron chi connectivity index (χ2n) is 9.39. The maximum Gasteiger partial charge on any atom is 0.255 e. The van der Waals surface area contributed by atoms with E-state index in [4.69, 9.17) is 16.3 Å². The average Bonchev–Trinajstić information content (AvgIpc) is 3.15. The number of amides is 3. The quantitative estimate of drug-likeness (QED) is 0.613. The summed E-state index contributed by atoms with van der Waals surface area (Å²) >= 11 is 6.25. The second kappa shape index (κ2) is 9.95. The average molecular weight is 500 g/mol. The highest BCUT2D eigenvalue weighted by molar-refractivity contribution is 6.31. The molecular formula is C26H27ClFN3O4. The number of imide groups is 1. The van der Waals surface area contributed by atoms with Crippen molar-refractivity contribution >= 4 is 29.3 Å². The number of rotatable bonds is 6. The highest BCUT2D eigenvalue weighted by atomic mass is 35.5.